The molecule has 0 bridgehead atoms. The van der Waals surface area contributed by atoms with Crippen molar-refractivity contribution in [3.05, 3.63) is 34.6 Å². The van der Waals surface area contributed by atoms with Crippen molar-refractivity contribution in [2.24, 2.45) is 5.92 Å². The van der Waals surface area contributed by atoms with Crippen molar-refractivity contribution in [1.29, 1.82) is 0 Å². The second kappa shape index (κ2) is 8.62. The zero-order valence-electron chi connectivity index (χ0n) is 13.8. The molecule has 2 rings (SSSR count). The summed E-state index contributed by atoms with van der Waals surface area (Å²) in [5.41, 5.74) is 1.02. The molecule has 0 unspecified atom stereocenters. The normalized spacial score (nSPS) is 16.7. The van der Waals surface area contributed by atoms with Gasteiger partial charge in [-0.1, -0.05) is 17.7 Å². The van der Waals surface area contributed by atoms with Gasteiger partial charge < -0.3 is 10.2 Å². The first-order valence-electron chi connectivity index (χ1n) is 8.03. The number of nitrogens with zero attached hydrogens (tertiary/aromatic N) is 2. The van der Waals surface area contributed by atoms with Gasteiger partial charge in [0.15, 0.2) is 0 Å². The monoisotopic (exact) mass is 341 g/mol. The second-order valence-electron chi connectivity index (χ2n) is 6.34. The molecule has 1 fully saturated rings. The standard InChI is InChI=1S/C17H25ClFN3O/c1-20-17(23)12-22-7-5-13(6-8-22)10-21(2)11-14-3-4-16(19)15(18)9-14/h3-4,9,13H,5-8,10-12H2,1-2H3,(H,20,23). The second-order valence-corrected chi connectivity index (χ2v) is 6.75. The Labute approximate surface area is 142 Å². The number of halogens is 2. The van der Waals surface area contributed by atoms with Crippen LogP contribution in [0.4, 0.5) is 4.39 Å². The minimum atomic E-state index is -0.374. The fraction of sp³-hybridized carbons (Fsp3) is 0.588. The van der Waals surface area contributed by atoms with Gasteiger partial charge in [-0.2, -0.15) is 0 Å². The molecule has 0 atom stereocenters. The summed E-state index contributed by atoms with van der Waals surface area (Å²) in [5.74, 6) is 0.340. The third-order valence-electron chi connectivity index (χ3n) is 4.36. The molecule has 0 radical (unpaired) electrons. The van der Waals surface area contributed by atoms with Crippen molar-refractivity contribution in [3.8, 4) is 0 Å². The smallest absolute Gasteiger partial charge is 0.233 e. The van der Waals surface area contributed by atoms with Crippen molar-refractivity contribution >= 4 is 17.5 Å². The maximum absolute atomic E-state index is 13.2. The van der Waals surface area contributed by atoms with Gasteiger partial charge in [0, 0.05) is 20.1 Å². The number of nitrogens with one attached hydrogen (secondary N) is 1. The van der Waals surface area contributed by atoms with Gasteiger partial charge in [0.05, 0.1) is 11.6 Å². The Balaban J connectivity index is 1.75. The van der Waals surface area contributed by atoms with E-state index in [2.05, 4.69) is 22.2 Å². The summed E-state index contributed by atoms with van der Waals surface area (Å²) in [6, 6.07) is 4.89. The molecule has 1 aliphatic heterocycles. The minimum absolute atomic E-state index is 0.0776. The maximum atomic E-state index is 13.2. The van der Waals surface area contributed by atoms with Gasteiger partial charge in [-0.05, 0) is 56.6 Å². The van der Waals surface area contributed by atoms with E-state index in [-0.39, 0.29) is 16.7 Å². The first-order chi connectivity index (χ1) is 11.0. The average molecular weight is 342 g/mol. The van der Waals surface area contributed by atoms with Crippen molar-refractivity contribution in [2.75, 3.05) is 40.3 Å². The van der Waals surface area contributed by atoms with Crippen molar-refractivity contribution in [2.45, 2.75) is 19.4 Å². The molecule has 23 heavy (non-hydrogen) atoms. The topological polar surface area (TPSA) is 35.6 Å². The van der Waals surface area contributed by atoms with Crippen LogP contribution in [0.3, 0.4) is 0 Å². The molecule has 128 valence electrons. The van der Waals surface area contributed by atoms with E-state index < -0.39 is 0 Å². The first kappa shape index (κ1) is 18.2. The predicted octanol–water partition coefficient (Wildman–Crippen LogP) is 2.37. The lowest BCUT2D eigenvalue weighted by atomic mass is 9.96. The molecule has 1 amide bonds. The lowest BCUT2D eigenvalue weighted by molar-refractivity contribution is -0.122. The third-order valence-corrected chi connectivity index (χ3v) is 4.65. The molecule has 4 nitrogen and oxygen atoms in total. The zero-order valence-corrected chi connectivity index (χ0v) is 14.6. The summed E-state index contributed by atoms with van der Waals surface area (Å²) in [4.78, 5) is 15.9. The van der Waals surface area contributed by atoms with Crippen LogP contribution in [0, 0.1) is 11.7 Å². The SMILES string of the molecule is CNC(=O)CN1CCC(CN(C)Cc2ccc(F)c(Cl)c2)CC1. The van der Waals surface area contributed by atoms with Gasteiger partial charge in [-0.15, -0.1) is 0 Å². The fourth-order valence-corrected chi connectivity index (χ4v) is 3.27. The summed E-state index contributed by atoms with van der Waals surface area (Å²) in [7, 11) is 3.75. The number of likely N-dealkylation sites (N-methyl/N-ethyl adjacent to an activating group) is 1. The highest BCUT2D eigenvalue weighted by atomic mass is 35.5. The summed E-state index contributed by atoms with van der Waals surface area (Å²) in [6.07, 6.45) is 2.21. The van der Waals surface area contributed by atoms with Crippen LogP contribution in [-0.2, 0) is 11.3 Å². The van der Waals surface area contributed by atoms with Crippen molar-refractivity contribution in [1.82, 2.24) is 15.1 Å². The lowest BCUT2D eigenvalue weighted by Gasteiger charge is -2.33. The number of rotatable bonds is 6. The zero-order chi connectivity index (χ0) is 16.8. The number of likely N-dealkylation sites (tertiary alicyclic amines) is 1. The van der Waals surface area contributed by atoms with Gasteiger partial charge in [0.1, 0.15) is 5.82 Å². The van der Waals surface area contributed by atoms with Crippen molar-refractivity contribution < 1.29 is 9.18 Å². The van der Waals surface area contributed by atoms with Crippen LogP contribution in [-0.4, -0.2) is 56.0 Å². The lowest BCUT2D eigenvalue weighted by Crippen LogP contribution is -2.42. The summed E-state index contributed by atoms with van der Waals surface area (Å²) in [6.45, 7) is 4.19. The maximum Gasteiger partial charge on any atom is 0.233 e. The van der Waals surface area contributed by atoms with E-state index in [4.69, 9.17) is 11.6 Å². The molecule has 6 heteroatoms. The largest absolute Gasteiger partial charge is 0.358 e. The molecular weight excluding hydrogens is 317 g/mol. The summed E-state index contributed by atoms with van der Waals surface area (Å²) in [5, 5.41) is 2.84. The molecule has 0 saturated carbocycles. The summed E-state index contributed by atoms with van der Waals surface area (Å²) >= 11 is 5.83. The molecule has 1 N–H and O–H groups in total. The fourth-order valence-electron chi connectivity index (χ4n) is 3.06. The highest BCUT2D eigenvalue weighted by Gasteiger charge is 2.21. The number of benzene rings is 1. The molecule has 0 aromatic heterocycles. The Morgan fingerprint density at radius 2 is 2.13 bits per heavy atom. The van der Waals surface area contributed by atoms with Crippen molar-refractivity contribution in [3.63, 3.8) is 0 Å². The quantitative estimate of drug-likeness (QED) is 0.863. The van der Waals surface area contributed by atoms with E-state index in [1.54, 1.807) is 19.2 Å². The van der Waals surface area contributed by atoms with E-state index in [1.165, 1.54) is 6.07 Å². The number of hydrogen-bond acceptors (Lipinski definition) is 3. The molecule has 0 aliphatic carbocycles. The third kappa shape index (κ3) is 5.75. The van der Waals surface area contributed by atoms with Crippen LogP contribution in [0.1, 0.15) is 18.4 Å². The van der Waals surface area contributed by atoms with Crippen LogP contribution in [0.15, 0.2) is 18.2 Å². The number of piperidine rings is 1. The van der Waals surface area contributed by atoms with Crippen LogP contribution in [0.5, 0.6) is 0 Å². The van der Waals surface area contributed by atoms with Gasteiger partial charge in [0.2, 0.25) is 5.91 Å². The number of carbonyl (C=O) groups is 1. The Morgan fingerprint density at radius 1 is 1.43 bits per heavy atom. The van der Waals surface area contributed by atoms with Crippen LogP contribution in [0.25, 0.3) is 0 Å². The highest BCUT2D eigenvalue weighted by molar-refractivity contribution is 6.30. The van der Waals surface area contributed by atoms with Crippen LogP contribution < -0.4 is 5.32 Å². The van der Waals surface area contributed by atoms with Crippen LogP contribution >= 0.6 is 11.6 Å². The van der Waals surface area contributed by atoms with E-state index in [0.717, 1.165) is 44.6 Å². The number of hydrogen-bond donors (Lipinski definition) is 1. The van der Waals surface area contributed by atoms with Gasteiger partial charge in [-0.25, -0.2) is 4.39 Å². The predicted molar refractivity (Wildman–Crippen MR) is 91.0 cm³/mol. The van der Waals surface area contributed by atoms with Gasteiger partial charge >= 0.3 is 0 Å². The number of carbonyl (C=O) groups excluding carboxylic acids is 1. The number of amides is 1. The highest BCUT2D eigenvalue weighted by Crippen LogP contribution is 2.20. The Bertz CT molecular complexity index is 533. The van der Waals surface area contributed by atoms with E-state index in [0.29, 0.717) is 12.5 Å². The molecule has 0 spiro atoms. The molecule has 1 heterocycles. The van der Waals surface area contributed by atoms with E-state index >= 15 is 0 Å². The van der Waals surface area contributed by atoms with Crippen LogP contribution in [0.2, 0.25) is 5.02 Å². The first-order valence-corrected chi connectivity index (χ1v) is 8.41. The van der Waals surface area contributed by atoms with Gasteiger partial charge in [0.25, 0.3) is 0 Å². The van der Waals surface area contributed by atoms with E-state index in [1.807, 2.05) is 0 Å². The molecule has 1 saturated heterocycles. The Kier molecular flexibility index (Phi) is 6.81. The average Bonchev–Trinajstić information content (AvgIpc) is 2.52. The summed E-state index contributed by atoms with van der Waals surface area (Å²) < 4.78 is 13.2. The molecular formula is C17H25ClFN3O. The molecule has 1 aromatic rings. The molecule has 1 aromatic carbocycles. The minimum Gasteiger partial charge on any atom is -0.358 e. The van der Waals surface area contributed by atoms with Gasteiger partial charge in [-0.3, -0.25) is 9.69 Å². The Morgan fingerprint density at radius 3 is 2.74 bits per heavy atom. The molecule has 1 aliphatic rings. The van der Waals surface area contributed by atoms with E-state index in [9.17, 15) is 9.18 Å². The Hall–Kier alpha value is -1.17.